The van der Waals surface area contributed by atoms with Gasteiger partial charge in [0.15, 0.2) is 0 Å². The van der Waals surface area contributed by atoms with E-state index >= 15 is 0 Å². The van der Waals surface area contributed by atoms with Gasteiger partial charge in [-0.25, -0.2) is 0 Å². The van der Waals surface area contributed by atoms with Crippen molar-refractivity contribution in [2.45, 2.75) is 52.3 Å². The molecule has 0 saturated heterocycles. The van der Waals surface area contributed by atoms with Crippen LogP contribution in [0.2, 0.25) is 0 Å². The van der Waals surface area contributed by atoms with E-state index in [-0.39, 0.29) is 6.42 Å². The summed E-state index contributed by atoms with van der Waals surface area (Å²) < 4.78 is 35.3. The van der Waals surface area contributed by atoms with Gasteiger partial charge in [-0.2, -0.15) is 13.2 Å². The lowest BCUT2D eigenvalue weighted by Crippen LogP contribution is -2.33. The van der Waals surface area contributed by atoms with Crippen LogP contribution in [0.4, 0.5) is 13.2 Å². The molecule has 0 aromatic carbocycles. The molecule has 86 valence electrons. The second-order valence-corrected chi connectivity index (χ2v) is 3.85. The molecule has 4 heteroatoms. The Balaban J connectivity index is 3.45. The molecule has 0 aromatic rings. The molecule has 0 radical (unpaired) electrons. The van der Waals surface area contributed by atoms with Gasteiger partial charge in [-0.3, -0.25) is 0 Å². The van der Waals surface area contributed by atoms with Gasteiger partial charge in [0.1, 0.15) is 0 Å². The van der Waals surface area contributed by atoms with Crippen molar-refractivity contribution in [3.8, 4) is 0 Å². The molecule has 0 bridgehead atoms. The molecule has 1 nitrogen and oxygen atoms in total. The standard InChI is InChI=1S/C10H20F3N/c1-4-8(2)9(3)14-7-5-6-10(11,12)13/h8-9,14H,4-7H2,1-3H3. The highest BCUT2D eigenvalue weighted by atomic mass is 19.4. The molecule has 0 fully saturated rings. The fraction of sp³-hybridized carbons (Fsp3) is 1.00. The van der Waals surface area contributed by atoms with Gasteiger partial charge < -0.3 is 5.32 Å². The summed E-state index contributed by atoms with van der Waals surface area (Å²) >= 11 is 0. The van der Waals surface area contributed by atoms with E-state index in [1.807, 2.05) is 6.92 Å². The summed E-state index contributed by atoms with van der Waals surface area (Å²) in [6.45, 7) is 6.65. The topological polar surface area (TPSA) is 12.0 Å². The highest BCUT2D eigenvalue weighted by molar-refractivity contribution is 4.67. The predicted molar refractivity (Wildman–Crippen MR) is 52.2 cm³/mol. The molecule has 0 aliphatic carbocycles. The number of nitrogens with one attached hydrogen (secondary N) is 1. The third-order valence-corrected chi connectivity index (χ3v) is 2.60. The minimum atomic E-state index is -4.01. The van der Waals surface area contributed by atoms with Crippen LogP contribution in [0.1, 0.15) is 40.0 Å². The lowest BCUT2D eigenvalue weighted by atomic mass is 10.0. The van der Waals surface area contributed by atoms with E-state index < -0.39 is 12.6 Å². The highest BCUT2D eigenvalue weighted by Crippen LogP contribution is 2.20. The minimum Gasteiger partial charge on any atom is -0.314 e. The Kier molecular flexibility index (Phi) is 6.16. The minimum absolute atomic E-state index is 0.171. The highest BCUT2D eigenvalue weighted by Gasteiger charge is 2.25. The normalized spacial score (nSPS) is 16.7. The maximum absolute atomic E-state index is 11.8. The first-order valence-corrected chi connectivity index (χ1v) is 5.17. The lowest BCUT2D eigenvalue weighted by molar-refractivity contribution is -0.135. The van der Waals surface area contributed by atoms with Gasteiger partial charge in [-0.05, 0) is 25.8 Å². The third kappa shape index (κ3) is 7.18. The second kappa shape index (κ2) is 6.27. The fourth-order valence-electron chi connectivity index (χ4n) is 1.17. The Labute approximate surface area is 84.1 Å². The average Bonchev–Trinajstić information content (AvgIpc) is 2.09. The molecular weight excluding hydrogens is 191 g/mol. The zero-order chi connectivity index (χ0) is 11.2. The van der Waals surface area contributed by atoms with Gasteiger partial charge in [0.05, 0.1) is 0 Å². The van der Waals surface area contributed by atoms with Crippen LogP contribution in [-0.4, -0.2) is 18.8 Å². The number of rotatable bonds is 6. The first kappa shape index (κ1) is 13.8. The van der Waals surface area contributed by atoms with Crippen molar-refractivity contribution < 1.29 is 13.2 Å². The van der Waals surface area contributed by atoms with Crippen molar-refractivity contribution in [3.63, 3.8) is 0 Å². The maximum Gasteiger partial charge on any atom is 0.389 e. The maximum atomic E-state index is 11.8. The van der Waals surface area contributed by atoms with Crippen LogP contribution in [-0.2, 0) is 0 Å². The number of hydrogen-bond donors (Lipinski definition) is 1. The molecule has 2 unspecified atom stereocenters. The molecule has 0 aliphatic heterocycles. The van der Waals surface area contributed by atoms with Gasteiger partial charge in [-0.1, -0.05) is 20.3 Å². The summed E-state index contributed by atoms with van der Waals surface area (Å²) in [5.74, 6) is 0.515. The van der Waals surface area contributed by atoms with E-state index in [4.69, 9.17) is 0 Å². The molecule has 0 saturated carbocycles. The van der Waals surface area contributed by atoms with E-state index in [1.54, 1.807) is 0 Å². The molecule has 0 rings (SSSR count). The van der Waals surface area contributed by atoms with Crippen molar-refractivity contribution in [3.05, 3.63) is 0 Å². The van der Waals surface area contributed by atoms with Crippen LogP contribution in [0.3, 0.4) is 0 Å². The van der Waals surface area contributed by atoms with Crippen molar-refractivity contribution >= 4 is 0 Å². The first-order chi connectivity index (χ1) is 6.37. The summed E-state index contributed by atoms with van der Waals surface area (Å²) in [7, 11) is 0. The Morgan fingerprint density at radius 3 is 2.21 bits per heavy atom. The van der Waals surface area contributed by atoms with Crippen molar-refractivity contribution in [2.75, 3.05) is 6.54 Å². The van der Waals surface area contributed by atoms with Crippen LogP contribution in [0.5, 0.6) is 0 Å². The summed E-state index contributed by atoms with van der Waals surface area (Å²) in [5, 5.41) is 3.11. The van der Waals surface area contributed by atoms with Crippen LogP contribution < -0.4 is 5.32 Å². The SMILES string of the molecule is CCC(C)C(C)NCCCC(F)(F)F. The van der Waals surface area contributed by atoms with Gasteiger partial charge in [-0.15, -0.1) is 0 Å². The molecule has 0 aromatic heterocycles. The molecule has 0 heterocycles. The summed E-state index contributed by atoms with van der Waals surface area (Å²) in [5.41, 5.74) is 0. The average molecular weight is 211 g/mol. The van der Waals surface area contributed by atoms with E-state index in [2.05, 4.69) is 19.2 Å². The third-order valence-electron chi connectivity index (χ3n) is 2.60. The largest absolute Gasteiger partial charge is 0.389 e. The van der Waals surface area contributed by atoms with Crippen molar-refractivity contribution in [2.24, 2.45) is 5.92 Å². The monoisotopic (exact) mass is 211 g/mol. The van der Waals surface area contributed by atoms with Gasteiger partial charge in [0.25, 0.3) is 0 Å². The molecule has 0 spiro atoms. The van der Waals surface area contributed by atoms with Crippen LogP contribution in [0.25, 0.3) is 0 Å². The summed E-state index contributed by atoms with van der Waals surface area (Å²) in [6, 6.07) is 0.299. The van der Waals surface area contributed by atoms with E-state index in [1.165, 1.54) is 0 Å². The summed E-state index contributed by atoms with van der Waals surface area (Å²) in [4.78, 5) is 0. The van der Waals surface area contributed by atoms with Crippen molar-refractivity contribution in [1.29, 1.82) is 0 Å². The molecule has 2 atom stereocenters. The van der Waals surface area contributed by atoms with E-state index in [9.17, 15) is 13.2 Å². The molecule has 0 aliphatic rings. The van der Waals surface area contributed by atoms with Gasteiger partial charge >= 0.3 is 6.18 Å². The zero-order valence-electron chi connectivity index (χ0n) is 9.12. The first-order valence-electron chi connectivity index (χ1n) is 5.17. The molecule has 14 heavy (non-hydrogen) atoms. The molecular formula is C10H20F3N. The predicted octanol–water partition coefficient (Wildman–Crippen LogP) is 3.35. The smallest absolute Gasteiger partial charge is 0.314 e. The summed E-state index contributed by atoms with van der Waals surface area (Å²) in [6.07, 6.45) is -3.48. The van der Waals surface area contributed by atoms with Crippen molar-refractivity contribution in [1.82, 2.24) is 5.32 Å². The quantitative estimate of drug-likeness (QED) is 0.664. The van der Waals surface area contributed by atoms with E-state index in [0.29, 0.717) is 18.5 Å². The Hall–Kier alpha value is -0.250. The van der Waals surface area contributed by atoms with Crippen LogP contribution >= 0.6 is 0 Å². The van der Waals surface area contributed by atoms with E-state index in [0.717, 1.165) is 6.42 Å². The fourth-order valence-corrected chi connectivity index (χ4v) is 1.17. The van der Waals surface area contributed by atoms with Gasteiger partial charge in [0, 0.05) is 12.5 Å². The Bertz CT molecular complexity index is 145. The van der Waals surface area contributed by atoms with Crippen LogP contribution in [0.15, 0.2) is 0 Å². The van der Waals surface area contributed by atoms with Crippen LogP contribution in [0, 0.1) is 5.92 Å². The number of halogens is 3. The second-order valence-electron chi connectivity index (χ2n) is 3.85. The zero-order valence-corrected chi connectivity index (χ0v) is 9.12. The lowest BCUT2D eigenvalue weighted by Gasteiger charge is -2.19. The number of alkyl halides is 3. The number of hydrogen-bond acceptors (Lipinski definition) is 1. The van der Waals surface area contributed by atoms with Gasteiger partial charge in [0.2, 0.25) is 0 Å². The molecule has 0 amide bonds. The molecule has 1 N–H and O–H groups in total. The Morgan fingerprint density at radius 2 is 1.79 bits per heavy atom. The Morgan fingerprint density at radius 1 is 1.21 bits per heavy atom.